The summed E-state index contributed by atoms with van der Waals surface area (Å²) in [7, 11) is 0. The maximum atomic E-state index is 2.22. The first-order valence-electron chi connectivity index (χ1n) is 5.12. The van der Waals surface area contributed by atoms with Crippen LogP contribution in [0.5, 0.6) is 0 Å². The Hall–Kier alpha value is -0.770. The summed E-state index contributed by atoms with van der Waals surface area (Å²) in [6.07, 6.45) is 0. The van der Waals surface area contributed by atoms with Crippen LogP contribution in [0.25, 0.3) is 0 Å². The molecule has 0 radical (unpaired) electrons. The van der Waals surface area contributed by atoms with E-state index in [1.165, 1.54) is 15.6 Å². The normalized spacial score (nSPS) is 10.5. The second-order valence-corrected chi connectivity index (χ2v) is 4.60. The van der Waals surface area contributed by atoms with Gasteiger partial charge in [0.25, 0.3) is 0 Å². The van der Waals surface area contributed by atoms with Gasteiger partial charge in [-0.1, -0.05) is 0 Å². The van der Waals surface area contributed by atoms with E-state index in [0.717, 1.165) is 0 Å². The number of hydrogen-bond donors (Lipinski definition) is 0. The fourth-order valence-electron chi connectivity index (χ4n) is 1.77. The van der Waals surface area contributed by atoms with E-state index in [1.54, 1.807) is 0 Å². The van der Waals surface area contributed by atoms with Gasteiger partial charge in [0.15, 0.2) is 0 Å². The van der Waals surface area contributed by atoms with Gasteiger partial charge in [0.05, 0.1) is 0 Å². The average Bonchev–Trinajstić information content (AvgIpc) is 2.33. The Kier molecular flexibility index (Phi) is 3.83. The molecule has 15 heavy (non-hydrogen) atoms. The Morgan fingerprint density at radius 3 is 1.47 bits per heavy atom. The average molecular weight is 310 g/mol. The quantitative estimate of drug-likeness (QED) is 0.764. The fraction of sp³-hybridized carbons (Fsp3) is 0.143. The van der Waals surface area contributed by atoms with Crippen molar-refractivity contribution in [1.29, 1.82) is 0 Å². The van der Waals surface area contributed by atoms with Crippen LogP contribution in [0, 0.1) is 0 Å². The zero-order valence-electron chi connectivity index (χ0n) is 8.51. The Bertz CT molecular complexity index is 355. The van der Waals surface area contributed by atoms with Crippen LogP contribution in [0.2, 0.25) is 4.47 Å². The van der Waals surface area contributed by atoms with Crippen LogP contribution in [0.4, 0.5) is 0 Å². The third kappa shape index (κ3) is 2.62. The van der Waals surface area contributed by atoms with E-state index in [9.17, 15) is 0 Å². The topological polar surface area (TPSA) is 0 Å². The van der Waals surface area contributed by atoms with Crippen LogP contribution >= 0.6 is 0 Å². The first kappa shape index (κ1) is 10.7. The van der Waals surface area contributed by atoms with Gasteiger partial charge in [-0.15, -0.1) is 0 Å². The predicted molar refractivity (Wildman–Crippen MR) is 66.7 cm³/mol. The first-order valence-corrected chi connectivity index (χ1v) is 6.93. The molecule has 0 saturated carbocycles. The molecule has 76 valence electrons. The van der Waals surface area contributed by atoms with Crippen molar-refractivity contribution in [3.05, 3.63) is 71.8 Å². The fourth-order valence-corrected chi connectivity index (χ4v) is 2.98. The van der Waals surface area contributed by atoms with Gasteiger partial charge in [-0.05, 0) is 0 Å². The third-order valence-electron chi connectivity index (χ3n) is 2.59. The summed E-state index contributed by atoms with van der Waals surface area (Å²) in [4.78, 5) is 0. The van der Waals surface area contributed by atoms with Gasteiger partial charge < -0.3 is 0 Å². The van der Waals surface area contributed by atoms with E-state index >= 15 is 0 Å². The molecule has 0 fully saturated rings. The van der Waals surface area contributed by atoms with Gasteiger partial charge >= 0.3 is 104 Å². The zero-order valence-corrected chi connectivity index (χ0v) is 11.1. The van der Waals surface area contributed by atoms with Crippen molar-refractivity contribution < 1.29 is 0 Å². The Morgan fingerprint density at radius 2 is 1.13 bits per heavy atom. The van der Waals surface area contributed by atoms with Crippen LogP contribution < -0.4 is 0 Å². The molecule has 0 N–H and O–H groups in total. The molecular formula is C14H14Te. The molecule has 0 heterocycles. The van der Waals surface area contributed by atoms with Gasteiger partial charge in [-0.2, -0.15) is 0 Å². The third-order valence-corrected chi connectivity index (χ3v) is 3.63. The van der Waals surface area contributed by atoms with Crippen molar-refractivity contribution in [2.24, 2.45) is 0 Å². The molecule has 2 rings (SSSR count). The molecular weight excluding hydrogens is 296 g/mol. The number of rotatable bonds is 3. The molecule has 0 saturated heterocycles. The molecule has 1 heteroatoms. The molecule has 0 aromatic heterocycles. The molecule has 2 aromatic carbocycles. The molecule has 0 nitrogen and oxygen atoms in total. The van der Waals surface area contributed by atoms with E-state index in [4.69, 9.17) is 0 Å². The second-order valence-electron chi connectivity index (χ2n) is 3.56. The van der Waals surface area contributed by atoms with Crippen LogP contribution in [-0.2, 0) is 0 Å². The predicted octanol–water partition coefficient (Wildman–Crippen LogP) is 3.14. The van der Waals surface area contributed by atoms with Crippen molar-refractivity contribution in [2.45, 2.75) is 10.4 Å². The minimum absolute atomic E-state index is 0.557. The molecule has 0 aliphatic carbocycles. The van der Waals surface area contributed by atoms with Crippen molar-refractivity contribution >= 4 is 22.3 Å². The molecule has 0 atom stereocenters. The van der Waals surface area contributed by atoms with E-state index in [1.807, 2.05) is 22.3 Å². The van der Waals surface area contributed by atoms with Gasteiger partial charge in [0, 0.05) is 0 Å². The Labute approximate surface area is 104 Å². The molecule has 0 amide bonds. The number of benzene rings is 2. The molecule has 0 aliphatic heterocycles. The van der Waals surface area contributed by atoms with Crippen LogP contribution in [-0.4, -0.2) is 22.3 Å². The summed E-state index contributed by atoms with van der Waals surface area (Å²) in [5, 5.41) is 0. The van der Waals surface area contributed by atoms with Gasteiger partial charge in [0.2, 0.25) is 0 Å². The standard InChI is InChI=1S/C14H14Te/c15-11-14(12-7-3-1-4-8-12)13-9-5-2-6-10-13/h1-10,14-15H,11H2. The SMILES string of the molecule is [TeH]CC(c1ccccc1)c1ccccc1. The van der Waals surface area contributed by atoms with Gasteiger partial charge in [-0.25, -0.2) is 0 Å². The second kappa shape index (κ2) is 5.35. The molecule has 0 spiro atoms. The molecule has 0 unspecified atom stereocenters. The summed E-state index contributed by atoms with van der Waals surface area (Å²) < 4.78 is 1.20. The summed E-state index contributed by atoms with van der Waals surface area (Å²) in [6, 6.07) is 21.5. The molecule has 0 bridgehead atoms. The Balaban J connectivity index is 2.34. The zero-order chi connectivity index (χ0) is 10.5. The van der Waals surface area contributed by atoms with E-state index in [-0.39, 0.29) is 0 Å². The van der Waals surface area contributed by atoms with Crippen molar-refractivity contribution in [3.63, 3.8) is 0 Å². The number of hydrogen-bond acceptors (Lipinski definition) is 0. The van der Waals surface area contributed by atoms with Crippen molar-refractivity contribution in [3.8, 4) is 0 Å². The summed E-state index contributed by atoms with van der Waals surface area (Å²) in [5.41, 5.74) is 2.84. The van der Waals surface area contributed by atoms with E-state index in [2.05, 4.69) is 60.7 Å². The summed E-state index contributed by atoms with van der Waals surface area (Å²) in [5.74, 6) is 0.557. The monoisotopic (exact) mass is 312 g/mol. The van der Waals surface area contributed by atoms with Crippen LogP contribution in [0.15, 0.2) is 60.7 Å². The molecule has 2 aromatic rings. The Morgan fingerprint density at radius 1 is 0.733 bits per heavy atom. The first-order chi connectivity index (χ1) is 7.42. The minimum atomic E-state index is 0.557. The van der Waals surface area contributed by atoms with Crippen LogP contribution in [0.3, 0.4) is 0 Å². The van der Waals surface area contributed by atoms with Gasteiger partial charge in [-0.3, -0.25) is 0 Å². The molecule has 0 aliphatic rings. The van der Waals surface area contributed by atoms with E-state index in [0.29, 0.717) is 5.92 Å². The van der Waals surface area contributed by atoms with E-state index < -0.39 is 0 Å². The summed E-state index contributed by atoms with van der Waals surface area (Å²) >= 11 is 1.88. The van der Waals surface area contributed by atoms with Crippen LogP contribution in [0.1, 0.15) is 17.0 Å². The van der Waals surface area contributed by atoms with Crippen molar-refractivity contribution in [2.75, 3.05) is 0 Å². The summed E-state index contributed by atoms with van der Waals surface area (Å²) in [6.45, 7) is 0. The maximum absolute atomic E-state index is 2.22. The van der Waals surface area contributed by atoms with Crippen molar-refractivity contribution in [1.82, 2.24) is 0 Å². The van der Waals surface area contributed by atoms with Gasteiger partial charge in [0.1, 0.15) is 0 Å².